The van der Waals surface area contributed by atoms with Crippen molar-refractivity contribution in [2.45, 2.75) is 32.8 Å². The van der Waals surface area contributed by atoms with Crippen LogP contribution in [0.25, 0.3) is 0 Å². The van der Waals surface area contributed by atoms with Gasteiger partial charge in [0.2, 0.25) is 0 Å². The van der Waals surface area contributed by atoms with E-state index in [9.17, 15) is 4.79 Å². The van der Waals surface area contributed by atoms with E-state index in [1.807, 2.05) is 31.2 Å². The number of rotatable bonds is 10. The molecule has 0 fully saturated rings. The molecule has 1 atom stereocenters. The third-order valence-electron chi connectivity index (χ3n) is 4.43. The van der Waals surface area contributed by atoms with Crippen molar-refractivity contribution < 1.29 is 19.0 Å². The van der Waals surface area contributed by atoms with Gasteiger partial charge in [-0.25, -0.2) is 0 Å². The van der Waals surface area contributed by atoms with Crippen molar-refractivity contribution in [1.29, 1.82) is 0 Å². The summed E-state index contributed by atoms with van der Waals surface area (Å²) in [5.41, 5.74) is 3.53. The van der Waals surface area contributed by atoms with Crippen molar-refractivity contribution in [3.8, 4) is 5.75 Å². The van der Waals surface area contributed by atoms with E-state index in [-0.39, 0.29) is 11.9 Å². The SMILES string of the molecule is CCC(Cc1ccc(OCCc2ccc(COC)cc2)cc1)C(=O)OC. The molecule has 0 amide bonds. The lowest BCUT2D eigenvalue weighted by Gasteiger charge is -2.13. The second-order valence-corrected chi connectivity index (χ2v) is 6.32. The normalized spacial score (nSPS) is 11.8. The van der Waals surface area contributed by atoms with Crippen LogP contribution in [-0.4, -0.2) is 26.8 Å². The lowest BCUT2D eigenvalue weighted by atomic mass is 9.97. The average molecular weight is 356 g/mol. The van der Waals surface area contributed by atoms with E-state index in [1.165, 1.54) is 18.2 Å². The largest absolute Gasteiger partial charge is 0.493 e. The van der Waals surface area contributed by atoms with Crippen LogP contribution in [0.2, 0.25) is 0 Å². The van der Waals surface area contributed by atoms with Crippen LogP contribution in [-0.2, 0) is 33.7 Å². The molecule has 0 aliphatic heterocycles. The summed E-state index contributed by atoms with van der Waals surface area (Å²) in [6, 6.07) is 16.3. The first-order valence-corrected chi connectivity index (χ1v) is 9.02. The topological polar surface area (TPSA) is 44.8 Å². The van der Waals surface area contributed by atoms with Crippen LogP contribution >= 0.6 is 0 Å². The summed E-state index contributed by atoms with van der Waals surface area (Å²) >= 11 is 0. The molecule has 0 spiro atoms. The van der Waals surface area contributed by atoms with Gasteiger partial charge >= 0.3 is 5.97 Å². The number of carbonyl (C=O) groups excluding carboxylic acids is 1. The molecule has 0 heterocycles. The summed E-state index contributed by atoms with van der Waals surface area (Å²) in [4.78, 5) is 11.7. The molecule has 0 N–H and O–H groups in total. The summed E-state index contributed by atoms with van der Waals surface area (Å²) in [5, 5.41) is 0. The van der Waals surface area contributed by atoms with Gasteiger partial charge in [-0.1, -0.05) is 43.3 Å². The predicted molar refractivity (Wildman–Crippen MR) is 102 cm³/mol. The Bertz CT molecular complexity index is 662. The quantitative estimate of drug-likeness (QED) is 0.599. The fraction of sp³-hybridized carbons (Fsp3) is 0.409. The number of hydrogen-bond donors (Lipinski definition) is 0. The zero-order chi connectivity index (χ0) is 18.8. The first kappa shape index (κ1) is 20.0. The molecular weight excluding hydrogens is 328 g/mol. The first-order valence-electron chi connectivity index (χ1n) is 9.02. The van der Waals surface area contributed by atoms with Gasteiger partial charge in [0.15, 0.2) is 0 Å². The van der Waals surface area contributed by atoms with Crippen LogP contribution in [0.15, 0.2) is 48.5 Å². The number of ether oxygens (including phenoxy) is 3. The molecule has 4 nitrogen and oxygen atoms in total. The summed E-state index contributed by atoms with van der Waals surface area (Å²) < 4.78 is 15.8. The van der Waals surface area contributed by atoms with Crippen LogP contribution in [0, 0.1) is 5.92 Å². The molecule has 2 aromatic carbocycles. The van der Waals surface area contributed by atoms with Crippen LogP contribution in [0.3, 0.4) is 0 Å². The molecule has 1 unspecified atom stereocenters. The van der Waals surface area contributed by atoms with Gasteiger partial charge in [0.05, 0.1) is 26.2 Å². The summed E-state index contributed by atoms with van der Waals surface area (Å²) in [7, 11) is 3.14. The van der Waals surface area contributed by atoms with E-state index in [4.69, 9.17) is 14.2 Å². The molecule has 0 bridgehead atoms. The maximum atomic E-state index is 11.7. The molecule has 0 radical (unpaired) electrons. The Balaban J connectivity index is 1.80. The molecule has 0 saturated carbocycles. The lowest BCUT2D eigenvalue weighted by Crippen LogP contribution is -2.17. The Morgan fingerprint density at radius 1 is 0.923 bits per heavy atom. The molecule has 0 aromatic heterocycles. The highest BCUT2D eigenvalue weighted by Crippen LogP contribution is 2.18. The summed E-state index contributed by atoms with van der Waals surface area (Å²) in [6.45, 7) is 3.27. The minimum Gasteiger partial charge on any atom is -0.493 e. The number of methoxy groups -OCH3 is 2. The second kappa shape index (κ2) is 10.6. The van der Waals surface area contributed by atoms with Crippen LogP contribution in [0.5, 0.6) is 5.75 Å². The van der Waals surface area contributed by atoms with E-state index in [1.54, 1.807) is 7.11 Å². The smallest absolute Gasteiger partial charge is 0.308 e. The Morgan fingerprint density at radius 3 is 2.12 bits per heavy atom. The zero-order valence-corrected chi connectivity index (χ0v) is 15.9. The highest BCUT2D eigenvalue weighted by atomic mass is 16.5. The van der Waals surface area contributed by atoms with E-state index in [0.29, 0.717) is 19.6 Å². The highest BCUT2D eigenvalue weighted by molar-refractivity contribution is 5.72. The van der Waals surface area contributed by atoms with Crippen molar-refractivity contribution in [1.82, 2.24) is 0 Å². The van der Waals surface area contributed by atoms with Crippen molar-refractivity contribution in [2.24, 2.45) is 5.92 Å². The van der Waals surface area contributed by atoms with Gasteiger partial charge in [0, 0.05) is 13.5 Å². The molecule has 0 saturated heterocycles. The average Bonchev–Trinajstić information content (AvgIpc) is 2.68. The third-order valence-corrected chi connectivity index (χ3v) is 4.43. The third kappa shape index (κ3) is 6.19. The molecule has 0 aliphatic carbocycles. The number of benzene rings is 2. The summed E-state index contributed by atoms with van der Waals surface area (Å²) in [5.74, 6) is 0.605. The van der Waals surface area contributed by atoms with E-state index < -0.39 is 0 Å². The Hall–Kier alpha value is -2.33. The maximum absolute atomic E-state index is 11.7. The monoisotopic (exact) mass is 356 g/mol. The van der Waals surface area contributed by atoms with E-state index in [0.717, 1.165) is 24.2 Å². The van der Waals surface area contributed by atoms with Gasteiger partial charge in [-0.3, -0.25) is 4.79 Å². The second-order valence-electron chi connectivity index (χ2n) is 6.32. The molecule has 2 rings (SSSR count). The number of esters is 1. The highest BCUT2D eigenvalue weighted by Gasteiger charge is 2.17. The molecule has 0 aliphatic rings. The van der Waals surface area contributed by atoms with Crippen molar-refractivity contribution in [2.75, 3.05) is 20.8 Å². The minimum atomic E-state index is -0.149. The predicted octanol–water partition coefficient (Wildman–Crippen LogP) is 4.20. The molecule has 2 aromatic rings. The fourth-order valence-electron chi connectivity index (χ4n) is 2.82. The molecule has 4 heteroatoms. The van der Waals surface area contributed by atoms with Gasteiger partial charge in [-0.05, 0) is 41.7 Å². The minimum absolute atomic E-state index is 0.0900. The maximum Gasteiger partial charge on any atom is 0.308 e. The molecular formula is C22H28O4. The Labute approximate surface area is 156 Å². The standard InChI is InChI=1S/C22H28O4/c1-4-20(22(23)25-3)15-18-9-11-21(12-10-18)26-14-13-17-5-7-19(8-6-17)16-24-2/h5-12,20H,4,13-16H2,1-3H3. The van der Waals surface area contributed by atoms with E-state index in [2.05, 4.69) is 24.3 Å². The Morgan fingerprint density at radius 2 is 1.54 bits per heavy atom. The van der Waals surface area contributed by atoms with Gasteiger partial charge in [-0.15, -0.1) is 0 Å². The van der Waals surface area contributed by atoms with E-state index >= 15 is 0 Å². The molecule has 26 heavy (non-hydrogen) atoms. The fourth-order valence-corrected chi connectivity index (χ4v) is 2.82. The van der Waals surface area contributed by atoms with Gasteiger partial charge < -0.3 is 14.2 Å². The Kier molecular flexibility index (Phi) is 8.16. The van der Waals surface area contributed by atoms with Crippen molar-refractivity contribution in [3.05, 3.63) is 65.2 Å². The first-order chi connectivity index (χ1) is 12.7. The van der Waals surface area contributed by atoms with Crippen molar-refractivity contribution in [3.63, 3.8) is 0 Å². The van der Waals surface area contributed by atoms with Gasteiger partial charge in [-0.2, -0.15) is 0 Å². The van der Waals surface area contributed by atoms with Crippen LogP contribution < -0.4 is 4.74 Å². The van der Waals surface area contributed by atoms with Crippen LogP contribution in [0.1, 0.15) is 30.0 Å². The van der Waals surface area contributed by atoms with Crippen LogP contribution in [0.4, 0.5) is 0 Å². The lowest BCUT2D eigenvalue weighted by molar-refractivity contribution is -0.145. The zero-order valence-electron chi connectivity index (χ0n) is 15.9. The summed E-state index contributed by atoms with van der Waals surface area (Å²) in [6.07, 6.45) is 2.32. The van der Waals surface area contributed by atoms with Gasteiger partial charge in [0.25, 0.3) is 0 Å². The molecule has 140 valence electrons. The number of carbonyl (C=O) groups is 1. The number of hydrogen-bond acceptors (Lipinski definition) is 4. The van der Waals surface area contributed by atoms with Crippen molar-refractivity contribution >= 4 is 5.97 Å². The van der Waals surface area contributed by atoms with Gasteiger partial charge in [0.1, 0.15) is 5.75 Å².